The van der Waals surface area contributed by atoms with Crippen LogP contribution in [0, 0.1) is 5.92 Å². The Morgan fingerprint density at radius 3 is 2.54 bits per heavy atom. The van der Waals surface area contributed by atoms with Crippen molar-refractivity contribution < 1.29 is 9.53 Å². The van der Waals surface area contributed by atoms with E-state index in [-0.39, 0.29) is 5.54 Å². The van der Waals surface area contributed by atoms with E-state index in [0.717, 1.165) is 30.0 Å². The molecule has 1 aliphatic carbocycles. The summed E-state index contributed by atoms with van der Waals surface area (Å²) < 4.78 is 5.28. The molecule has 2 fully saturated rings. The highest BCUT2D eigenvalue weighted by molar-refractivity contribution is 5.99. The van der Waals surface area contributed by atoms with Crippen molar-refractivity contribution >= 4 is 11.5 Å². The van der Waals surface area contributed by atoms with E-state index >= 15 is 0 Å². The third kappa shape index (κ3) is 2.54. The minimum absolute atomic E-state index is 0.0848. The van der Waals surface area contributed by atoms with Gasteiger partial charge in [0.2, 0.25) is 0 Å². The summed E-state index contributed by atoms with van der Waals surface area (Å²) in [6, 6.07) is 8.17. The Balaban J connectivity index is 1.70. The second kappa shape index (κ2) is 6.27. The summed E-state index contributed by atoms with van der Waals surface area (Å²) in [7, 11) is 1.69. The van der Waals surface area contributed by atoms with E-state index in [4.69, 9.17) is 4.74 Å². The number of rotatable bonds is 3. The Morgan fingerprint density at radius 2 is 1.83 bits per heavy atom. The van der Waals surface area contributed by atoms with Crippen LogP contribution in [0.25, 0.3) is 5.70 Å². The molecule has 3 heteroatoms. The Labute approximate surface area is 144 Å². The van der Waals surface area contributed by atoms with E-state index in [9.17, 15) is 4.79 Å². The summed E-state index contributed by atoms with van der Waals surface area (Å²) in [5.74, 6) is 1.85. The number of methoxy groups -OCH3 is 1. The van der Waals surface area contributed by atoms with Crippen LogP contribution in [0.2, 0.25) is 0 Å². The molecule has 0 unspecified atom stereocenters. The number of ether oxygens (including phenoxy) is 1. The molecule has 0 aromatic heterocycles. The van der Waals surface area contributed by atoms with Gasteiger partial charge in [-0.2, -0.15) is 0 Å². The smallest absolute Gasteiger partial charge is 0.160 e. The van der Waals surface area contributed by atoms with Gasteiger partial charge >= 0.3 is 0 Å². The maximum atomic E-state index is 12.6. The van der Waals surface area contributed by atoms with Crippen LogP contribution in [0.15, 0.2) is 30.3 Å². The normalized spacial score (nSPS) is 27.8. The van der Waals surface area contributed by atoms with Crippen LogP contribution in [0.3, 0.4) is 0 Å². The van der Waals surface area contributed by atoms with E-state index in [1.807, 2.05) is 18.2 Å². The molecule has 0 bridgehead atoms. The van der Waals surface area contributed by atoms with E-state index in [1.54, 1.807) is 7.11 Å². The van der Waals surface area contributed by atoms with Gasteiger partial charge in [-0.1, -0.05) is 19.3 Å². The van der Waals surface area contributed by atoms with E-state index in [1.165, 1.54) is 44.9 Å². The van der Waals surface area contributed by atoms with Crippen LogP contribution >= 0.6 is 0 Å². The SMILES string of the molecule is COc1ccc(C2=CC(=O)C[C@@]3(C4CCCCC4)CCCN23)cc1. The summed E-state index contributed by atoms with van der Waals surface area (Å²) in [5.41, 5.74) is 2.37. The first-order chi connectivity index (χ1) is 11.7. The van der Waals surface area contributed by atoms with Crippen molar-refractivity contribution in [1.29, 1.82) is 0 Å². The Hall–Kier alpha value is -1.77. The molecule has 0 spiro atoms. The second-order valence-electron chi connectivity index (χ2n) is 7.59. The molecule has 3 nitrogen and oxygen atoms in total. The van der Waals surface area contributed by atoms with E-state index in [2.05, 4.69) is 17.0 Å². The summed E-state index contributed by atoms with van der Waals surface area (Å²) in [6.07, 6.45) is 11.6. The molecule has 0 amide bonds. The van der Waals surface area contributed by atoms with Crippen LogP contribution in [0.5, 0.6) is 5.75 Å². The number of carbonyl (C=O) groups is 1. The van der Waals surface area contributed by atoms with Gasteiger partial charge in [0.1, 0.15) is 5.75 Å². The minimum atomic E-state index is 0.0848. The number of benzene rings is 1. The Morgan fingerprint density at radius 1 is 1.08 bits per heavy atom. The monoisotopic (exact) mass is 325 g/mol. The van der Waals surface area contributed by atoms with Gasteiger partial charge in [0.15, 0.2) is 5.78 Å². The largest absolute Gasteiger partial charge is 0.497 e. The molecule has 4 rings (SSSR count). The van der Waals surface area contributed by atoms with E-state index < -0.39 is 0 Å². The predicted molar refractivity (Wildman–Crippen MR) is 95.8 cm³/mol. The van der Waals surface area contributed by atoms with Crippen molar-refractivity contribution in [2.24, 2.45) is 5.92 Å². The zero-order valence-corrected chi connectivity index (χ0v) is 14.6. The molecular formula is C21H27NO2. The van der Waals surface area contributed by atoms with Crippen LogP contribution < -0.4 is 4.74 Å². The molecule has 1 atom stereocenters. The third-order valence-corrected chi connectivity index (χ3v) is 6.35. The summed E-state index contributed by atoms with van der Waals surface area (Å²) in [6.45, 7) is 1.08. The number of allylic oxidation sites excluding steroid dienone is 1. The highest BCUT2D eigenvalue weighted by Crippen LogP contribution is 2.50. The van der Waals surface area contributed by atoms with Crippen molar-refractivity contribution in [2.75, 3.05) is 13.7 Å². The molecule has 1 aromatic carbocycles. The average Bonchev–Trinajstić information content (AvgIpc) is 3.07. The first kappa shape index (κ1) is 15.7. The van der Waals surface area contributed by atoms with Crippen LogP contribution in [0.4, 0.5) is 0 Å². The highest BCUT2D eigenvalue weighted by Gasteiger charge is 2.50. The van der Waals surface area contributed by atoms with Crippen LogP contribution in [0.1, 0.15) is 56.9 Å². The molecule has 3 aliphatic rings. The number of hydrogen-bond donors (Lipinski definition) is 0. The molecular weight excluding hydrogens is 298 g/mol. The molecule has 2 heterocycles. The summed E-state index contributed by atoms with van der Waals surface area (Å²) >= 11 is 0. The van der Waals surface area contributed by atoms with Crippen molar-refractivity contribution in [3.63, 3.8) is 0 Å². The topological polar surface area (TPSA) is 29.5 Å². The first-order valence-corrected chi connectivity index (χ1v) is 9.39. The van der Waals surface area contributed by atoms with Crippen molar-refractivity contribution in [3.8, 4) is 5.75 Å². The van der Waals surface area contributed by atoms with Crippen molar-refractivity contribution in [3.05, 3.63) is 35.9 Å². The van der Waals surface area contributed by atoms with Crippen molar-refractivity contribution in [2.45, 2.75) is 56.9 Å². The maximum absolute atomic E-state index is 12.6. The van der Waals surface area contributed by atoms with Gasteiger partial charge < -0.3 is 9.64 Å². The van der Waals surface area contributed by atoms with Crippen molar-refractivity contribution in [1.82, 2.24) is 4.90 Å². The number of hydrogen-bond acceptors (Lipinski definition) is 3. The number of ketones is 1. The Bertz CT molecular complexity index is 642. The van der Waals surface area contributed by atoms with Gasteiger partial charge in [-0.25, -0.2) is 0 Å². The standard InChI is InChI=1S/C21H27NO2/c1-24-19-10-8-16(9-11-19)20-14-18(23)15-21(12-5-13-22(20)21)17-6-3-2-4-7-17/h8-11,14,17H,2-7,12-13,15H2,1H3/t21-/m1/s1. The summed E-state index contributed by atoms with van der Waals surface area (Å²) in [5, 5.41) is 0. The molecule has 0 radical (unpaired) electrons. The van der Waals surface area contributed by atoms with Gasteiger partial charge in [-0.05, 0) is 61.4 Å². The second-order valence-corrected chi connectivity index (χ2v) is 7.59. The molecule has 1 saturated carbocycles. The van der Waals surface area contributed by atoms with Crippen LogP contribution in [-0.4, -0.2) is 29.9 Å². The maximum Gasteiger partial charge on any atom is 0.160 e. The molecule has 2 aliphatic heterocycles. The summed E-state index contributed by atoms with van der Waals surface area (Å²) in [4.78, 5) is 15.2. The lowest BCUT2D eigenvalue weighted by atomic mass is 9.69. The predicted octanol–water partition coefficient (Wildman–Crippen LogP) is 4.42. The number of nitrogens with zero attached hydrogens (tertiary/aromatic N) is 1. The quantitative estimate of drug-likeness (QED) is 0.823. The highest BCUT2D eigenvalue weighted by atomic mass is 16.5. The zero-order chi connectivity index (χ0) is 16.6. The van der Waals surface area contributed by atoms with E-state index in [0.29, 0.717) is 11.7 Å². The average molecular weight is 325 g/mol. The lowest BCUT2D eigenvalue weighted by Crippen LogP contribution is -2.52. The number of carbonyl (C=O) groups excluding carboxylic acids is 1. The molecule has 0 N–H and O–H groups in total. The fourth-order valence-electron chi connectivity index (χ4n) is 5.24. The lowest BCUT2D eigenvalue weighted by molar-refractivity contribution is -0.118. The minimum Gasteiger partial charge on any atom is -0.497 e. The van der Waals surface area contributed by atoms with Gasteiger partial charge in [0.05, 0.1) is 12.6 Å². The van der Waals surface area contributed by atoms with Gasteiger partial charge in [-0.15, -0.1) is 0 Å². The number of fused-ring (bicyclic) bond motifs is 1. The fraction of sp³-hybridized carbons (Fsp3) is 0.571. The van der Waals surface area contributed by atoms with Gasteiger partial charge in [-0.3, -0.25) is 4.79 Å². The van der Waals surface area contributed by atoms with Crippen LogP contribution in [-0.2, 0) is 4.79 Å². The molecule has 24 heavy (non-hydrogen) atoms. The third-order valence-electron chi connectivity index (χ3n) is 6.35. The fourth-order valence-corrected chi connectivity index (χ4v) is 5.24. The zero-order valence-electron chi connectivity index (χ0n) is 14.6. The first-order valence-electron chi connectivity index (χ1n) is 9.39. The molecule has 128 valence electrons. The van der Waals surface area contributed by atoms with Gasteiger partial charge in [0, 0.05) is 24.7 Å². The lowest BCUT2D eigenvalue weighted by Gasteiger charge is -2.50. The van der Waals surface area contributed by atoms with Gasteiger partial charge in [0.25, 0.3) is 0 Å². The molecule has 1 aromatic rings. The Kier molecular flexibility index (Phi) is 4.11. The molecule has 1 saturated heterocycles.